The molecule has 0 saturated carbocycles. The van der Waals surface area contributed by atoms with Gasteiger partial charge in [-0.3, -0.25) is 0 Å². The highest BCUT2D eigenvalue weighted by Gasteiger charge is 2.31. The summed E-state index contributed by atoms with van der Waals surface area (Å²) >= 11 is 0. The minimum absolute atomic E-state index is 0.0213. The summed E-state index contributed by atoms with van der Waals surface area (Å²) in [6.07, 6.45) is -3.86. The standard InChI is InChI=1S/C8H6F4N2O/c9-7-3-6(15-8(10,11)12)2-1-5(7)4-14-13/h1-4H,13H2. The van der Waals surface area contributed by atoms with Gasteiger partial charge in [-0.25, -0.2) is 4.39 Å². The van der Waals surface area contributed by atoms with Crippen LogP contribution in [0.2, 0.25) is 0 Å². The fourth-order valence-electron chi connectivity index (χ4n) is 0.890. The van der Waals surface area contributed by atoms with E-state index in [1.54, 1.807) is 0 Å². The number of benzene rings is 1. The summed E-state index contributed by atoms with van der Waals surface area (Å²) < 4.78 is 51.7. The van der Waals surface area contributed by atoms with E-state index in [9.17, 15) is 17.6 Å². The molecule has 0 bridgehead atoms. The molecule has 15 heavy (non-hydrogen) atoms. The summed E-state index contributed by atoms with van der Waals surface area (Å²) in [5.41, 5.74) is -0.0213. The summed E-state index contributed by atoms with van der Waals surface area (Å²) in [5, 5.41) is 3.04. The van der Waals surface area contributed by atoms with E-state index < -0.39 is 17.9 Å². The van der Waals surface area contributed by atoms with Gasteiger partial charge in [0.15, 0.2) is 0 Å². The van der Waals surface area contributed by atoms with E-state index in [2.05, 4.69) is 9.84 Å². The van der Waals surface area contributed by atoms with Crippen molar-refractivity contribution in [2.75, 3.05) is 0 Å². The summed E-state index contributed by atoms with van der Waals surface area (Å²) in [6.45, 7) is 0. The maximum absolute atomic E-state index is 13.0. The van der Waals surface area contributed by atoms with Crippen LogP contribution in [0.3, 0.4) is 0 Å². The number of ether oxygens (including phenoxy) is 1. The molecule has 1 rings (SSSR count). The molecular weight excluding hydrogens is 216 g/mol. The van der Waals surface area contributed by atoms with Gasteiger partial charge in [-0.15, -0.1) is 13.2 Å². The number of rotatable bonds is 2. The van der Waals surface area contributed by atoms with Crippen LogP contribution in [0.25, 0.3) is 0 Å². The van der Waals surface area contributed by atoms with Gasteiger partial charge in [0, 0.05) is 11.6 Å². The molecule has 1 aromatic carbocycles. The van der Waals surface area contributed by atoms with Crippen molar-refractivity contribution in [1.29, 1.82) is 0 Å². The van der Waals surface area contributed by atoms with Crippen molar-refractivity contribution in [3.8, 4) is 5.75 Å². The molecule has 0 aliphatic carbocycles. The molecule has 0 aromatic heterocycles. The first-order valence-electron chi connectivity index (χ1n) is 3.71. The fourth-order valence-corrected chi connectivity index (χ4v) is 0.890. The molecule has 82 valence electrons. The summed E-state index contributed by atoms with van der Waals surface area (Å²) in [5.74, 6) is 3.23. The molecule has 1 aromatic rings. The third-order valence-electron chi connectivity index (χ3n) is 1.42. The van der Waals surface area contributed by atoms with Gasteiger partial charge in [-0.05, 0) is 12.1 Å². The molecule has 0 atom stereocenters. The zero-order valence-electron chi connectivity index (χ0n) is 7.25. The number of hydrazone groups is 1. The number of hydrogen-bond acceptors (Lipinski definition) is 3. The van der Waals surface area contributed by atoms with Crippen LogP contribution in [0.1, 0.15) is 5.56 Å². The van der Waals surface area contributed by atoms with Gasteiger partial charge < -0.3 is 10.6 Å². The van der Waals surface area contributed by atoms with Gasteiger partial charge in [0.2, 0.25) is 0 Å². The number of hydrogen-bond donors (Lipinski definition) is 1. The molecule has 0 aliphatic rings. The van der Waals surface area contributed by atoms with Crippen LogP contribution in [0, 0.1) is 5.82 Å². The van der Waals surface area contributed by atoms with Crippen molar-refractivity contribution in [2.24, 2.45) is 10.9 Å². The molecule has 0 unspecified atom stereocenters. The minimum atomic E-state index is -4.84. The molecule has 0 spiro atoms. The van der Waals surface area contributed by atoms with Crippen molar-refractivity contribution < 1.29 is 22.3 Å². The van der Waals surface area contributed by atoms with Gasteiger partial charge in [0.05, 0.1) is 6.21 Å². The van der Waals surface area contributed by atoms with Crippen molar-refractivity contribution >= 4 is 6.21 Å². The van der Waals surface area contributed by atoms with Crippen molar-refractivity contribution in [3.63, 3.8) is 0 Å². The monoisotopic (exact) mass is 222 g/mol. The van der Waals surface area contributed by atoms with E-state index in [1.165, 1.54) is 0 Å². The Morgan fingerprint density at radius 2 is 2.00 bits per heavy atom. The topological polar surface area (TPSA) is 47.6 Å². The predicted molar refractivity (Wildman–Crippen MR) is 44.9 cm³/mol. The normalized spacial score (nSPS) is 12.0. The predicted octanol–water partition coefficient (Wildman–Crippen LogP) is 2.02. The van der Waals surface area contributed by atoms with Gasteiger partial charge in [-0.2, -0.15) is 5.10 Å². The lowest BCUT2D eigenvalue weighted by Gasteiger charge is -2.08. The first-order valence-corrected chi connectivity index (χ1v) is 3.71. The van der Waals surface area contributed by atoms with Gasteiger partial charge in [0.1, 0.15) is 11.6 Å². The Morgan fingerprint density at radius 3 is 2.47 bits per heavy atom. The van der Waals surface area contributed by atoms with E-state index >= 15 is 0 Å². The Balaban J connectivity index is 2.92. The molecule has 3 nitrogen and oxygen atoms in total. The van der Waals surface area contributed by atoms with E-state index in [0.29, 0.717) is 6.07 Å². The lowest BCUT2D eigenvalue weighted by molar-refractivity contribution is -0.274. The zero-order chi connectivity index (χ0) is 11.5. The van der Waals surface area contributed by atoms with E-state index in [1.807, 2.05) is 0 Å². The lowest BCUT2D eigenvalue weighted by atomic mass is 10.2. The molecule has 2 N–H and O–H groups in total. The van der Waals surface area contributed by atoms with E-state index in [0.717, 1.165) is 18.3 Å². The minimum Gasteiger partial charge on any atom is -0.406 e. The molecular formula is C8H6F4N2O. The maximum atomic E-state index is 13.0. The largest absolute Gasteiger partial charge is 0.573 e. The van der Waals surface area contributed by atoms with Crippen LogP contribution in [0.5, 0.6) is 5.75 Å². The van der Waals surface area contributed by atoms with Gasteiger partial charge in [-0.1, -0.05) is 0 Å². The quantitative estimate of drug-likeness (QED) is 0.360. The van der Waals surface area contributed by atoms with Gasteiger partial charge in [0.25, 0.3) is 0 Å². The molecule has 0 amide bonds. The van der Waals surface area contributed by atoms with Crippen molar-refractivity contribution in [2.45, 2.75) is 6.36 Å². The molecule has 0 saturated heterocycles. The highest BCUT2D eigenvalue weighted by molar-refractivity contribution is 5.79. The second-order valence-corrected chi connectivity index (χ2v) is 2.51. The van der Waals surface area contributed by atoms with Crippen LogP contribution in [-0.4, -0.2) is 12.6 Å². The SMILES string of the molecule is NN=Cc1ccc(OC(F)(F)F)cc1F. The highest BCUT2D eigenvalue weighted by atomic mass is 19.4. The summed E-state index contributed by atoms with van der Waals surface area (Å²) in [6, 6.07) is 2.64. The van der Waals surface area contributed by atoms with Crippen LogP contribution in [0.4, 0.5) is 17.6 Å². The lowest BCUT2D eigenvalue weighted by Crippen LogP contribution is -2.17. The highest BCUT2D eigenvalue weighted by Crippen LogP contribution is 2.23. The Hall–Kier alpha value is -1.79. The Bertz CT molecular complexity index is 375. The van der Waals surface area contributed by atoms with Crippen LogP contribution < -0.4 is 10.6 Å². The fraction of sp³-hybridized carbons (Fsp3) is 0.125. The van der Waals surface area contributed by atoms with Crippen LogP contribution in [0.15, 0.2) is 23.3 Å². The second kappa shape index (κ2) is 4.16. The molecule has 0 aliphatic heterocycles. The van der Waals surface area contributed by atoms with Crippen molar-refractivity contribution in [3.05, 3.63) is 29.6 Å². The Kier molecular flexibility index (Phi) is 3.13. The number of nitrogens with zero attached hydrogens (tertiary/aromatic N) is 1. The van der Waals surface area contributed by atoms with E-state index in [4.69, 9.17) is 5.84 Å². The Labute approximate surface area is 82.1 Å². The third kappa shape index (κ3) is 3.45. The van der Waals surface area contributed by atoms with Crippen LogP contribution >= 0.6 is 0 Å². The number of nitrogens with two attached hydrogens (primary N) is 1. The average molecular weight is 222 g/mol. The summed E-state index contributed by atoms with van der Waals surface area (Å²) in [7, 11) is 0. The maximum Gasteiger partial charge on any atom is 0.573 e. The van der Waals surface area contributed by atoms with Crippen molar-refractivity contribution in [1.82, 2.24) is 0 Å². The number of alkyl halides is 3. The third-order valence-corrected chi connectivity index (χ3v) is 1.42. The second-order valence-electron chi connectivity index (χ2n) is 2.51. The molecule has 0 heterocycles. The smallest absolute Gasteiger partial charge is 0.406 e. The molecule has 7 heteroatoms. The molecule has 0 fully saturated rings. The first-order chi connectivity index (χ1) is 6.92. The molecule has 0 radical (unpaired) electrons. The van der Waals surface area contributed by atoms with Gasteiger partial charge >= 0.3 is 6.36 Å². The zero-order valence-corrected chi connectivity index (χ0v) is 7.25. The van der Waals surface area contributed by atoms with E-state index in [-0.39, 0.29) is 5.56 Å². The average Bonchev–Trinajstić information content (AvgIpc) is 2.07. The van der Waals surface area contributed by atoms with Crippen LogP contribution in [-0.2, 0) is 0 Å². The number of halogens is 4. The summed E-state index contributed by atoms with van der Waals surface area (Å²) in [4.78, 5) is 0. The Morgan fingerprint density at radius 1 is 1.33 bits per heavy atom. The first kappa shape index (κ1) is 11.3.